The van der Waals surface area contributed by atoms with Gasteiger partial charge in [0.1, 0.15) is 0 Å². The molecule has 5 nitrogen and oxygen atoms in total. The number of amides is 2. The molecule has 96 valence electrons. The molecule has 0 bridgehead atoms. The Hall–Kier alpha value is -1.17. The average Bonchev–Trinajstić information content (AvgIpc) is 2.77. The van der Waals surface area contributed by atoms with Crippen molar-refractivity contribution >= 4 is 29.0 Å². The summed E-state index contributed by atoms with van der Waals surface area (Å²) in [4.78, 5) is 25.2. The molecule has 0 unspecified atom stereocenters. The van der Waals surface area contributed by atoms with Crippen LogP contribution in [0.4, 0.5) is 0 Å². The molecule has 1 fully saturated rings. The summed E-state index contributed by atoms with van der Waals surface area (Å²) in [7, 11) is 3.15. The zero-order valence-corrected chi connectivity index (χ0v) is 11.1. The highest BCUT2D eigenvalue weighted by atomic mass is 32.1. The lowest BCUT2D eigenvalue weighted by Gasteiger charge is -2.31. The lowest BCUT2D eigenvalue weighted by molar-refractivity contribution is -0.140. The molecule has 0 aromatic rings. The Morgan fingerprint density at radius 2 is 1.94 bits per heavy atom. The highest BCUT2D eigenvalue weighted by molar-refractivity contribution is 7.80. The van der Waals surface area contributed by atoms with E-state index in [9.17, 15) is 9.59 Å². The summed E-state index contributed by atoms with van der Waals surface area (Å²) in [6, 6.07) is 0. The van der Waals surface area contributed by atoms with Gasteiger partial charge in [-0.05, 0) is 12.8 Å². The van der Waals surface area contributed by atoms with Gasteiger partial charge in [-0.15, -0.1) is 0 Å². The van der Waals surface area contributed by atoms with Crippen molar-refractivity contribution in [1.29, 1.82) is 0 Å². The fraction of sp³-hybridized carbons (Fsp3) is 0.727. The fourth-order valence-corrected chi connectivity index (χ4v) is 2.57. The van der Waals surface area contributed by atoms with E-state index in [2.05, 4.69) is 5.32 Å². The van der Waals surface area contributed by atoms with Crippen LogP contribution in [0, 0.1) is 5.41 Å². The quantitative estimate of drug-likeness (QED) is 0.697. The van der Waals surface area contributed by atoms with Crippen molar-refractivity contribution in [3.05, 3.63) is 0 Å². The molecule has 0 spiro atoms. The first-order chi connectivity index (χ1) is 7.94. The van der Waals surface area contributed by atoms with E-state index in [0.29, 0.717) is 12.8 Å². The molecular weight excluding hydrogens is 238 g/mol. The van der Waals surface area contributed by atoms with Gasteiger partial charge >= 0.3 is 0 Å². The van der Waals surface area contributed by atoms with Gasteiger partial charge in [-0.2, -0.15) is 0 Å². The van der Waals surface area contributed by atoms with Crippen LogP contribution in [0.3, 0.4) is 0 Å². The molecule has 0 atom stereocenters. The highest BCUT2D eigenvalue weighted by Gasteiger charge is 2.45. The van der Waals surface area contributed by atoms with Crippen molar-refractivity contribution in [3.63, 3.8) is 0 Å². The number of carbonyl (C=O) groups is 2. The summed E-state index contributed by atoms with van der Waals surface area (Å²) >= 11 is 5.03. The van der Waals surface area contributed by atoms with Crippen LogP contribution < -0.4 is 11.1 Å². The maximum absolute atomic E-state index is 12.3. The predicted molar refractivity (Wildman–Crippen MR) is 69.4 cm³/mol. The molecule has 6 heteroatoms. The minimum atomic E-state index is -0.724. The second-order valence-corrected chi connectivity index (χ2v) is 4.93. The fourth-order valence-electron chi connectivity index (χ4n) is 2.28. The van der Waals surface area contributed by atoms with E-state index in [4.69, 9.17) is 18.0 Å². The molecule has 2 amide bonds. The second kappa shape index (κ2) is 5.44. The normalized spacial score (nSPS) is 17.5. The van der Waals surface area contributed by atoms with Crippen LogP contribution in [0.25, 0.3) is 0 Å². The third kappa shape index (κ3) is 2.74. The van der Waals surface area contributed by atoms with Crippen molar-refractivity contribution in [2.75, 3.05) is 20.6 Å². The number of hydrogen-bond acceptors (Lipinski definition) is 3. The Balaban J connectivity index is 2.79. The molecule has 0 aliphatic heterocycles. The number of nitrogens with zero attached hydrogens (tertiary/aromatic N) is 1. The first-order valence-electron chi connectivity index (χ1n) is 5.70. The van der Waals surface area contributed by atoms with E-state index in [1.54, 1.807) is 14.1 Å². The monoisotopic (exact) mass is 257 g/mol. The van der Waals surface area contributed by atoms with Crippen molar-refractivity contribution in [1.82, 2.24) is 10.2 Å². The Labute approximate surface area is 107 Å². The number of thiocarbonyl (C=S) groups is 1. The van der Waals surface area contributed by atoms with Gasteiger partial charge in [0.05, 0.1) is 16.9 Å². The van der Waals surface area contributed by atoms with Gasteiger partial charge in [-0.1, -0.05) is 25.1 Å². The van der Waals surface area contributed by atoms with E-state index >= 15 is 0 Å². The Morgan fingerprint density at radius 1 is 1.41 bits per heavy atom. The minimum absolute atomic E-state index is 0.0414. The molecule has 1 aliphatic carbocycles. The summed E-state index contributed by atoms with van der Waals surface area (Å²) in [6.07, 6.45) is 3.30. The molecule has 3 N–H and O–H groups in total. The van der Waals surface area contributed by atoms with Gasteiger partial charge in [0, 0.05) is 14.1 Å². The van der Waals surface area contributed by atoms with Crippen LogP contribution in [-0.2, 0) is 9.59 Å². The number of rotatable bonds is 4. The van der Waals surface area contributed by atoms with Gasteiger partial charge < -0.3 is 16.0 Å². The molecule has 0 heterocycles. The average molecular weight is 257 g/mol. The Morgan fingerprint density at radius 3 is 2.35 bits per heavy atom. The number of likely N-dealkylation sites (N-methyl/N-ethyl adjacent to an activating group) is 2. The van der Waals surface area contributed by atoms with E-state index in [-0.39, 0.29) is 23.3 Å². The van der Waals surface area contributed by atoms with Crippen molar-refractivity contribution < 1.29 is 9.59 Å². The van der Waals surface area contributed by atoms with Crippen LogP contribution >= 0.6 is 12.2 Å². The minimum Gasteiger partial charge on any atom is -0.392 e. The van der Waals surface area contributed by atoms with E-state index in [0.717, 1.165) is 12.8 Å². The summed E-state index contributed by atoms with van der Waals surface area (Å²) < 4.78 is 0. The summed E-state index contributed by atoms with van der Waals surface area (Å²) in [6.45, 7) is 0.0414. The molecule has 1 aliphatic rings. The smallest absolute Gasteiger partial charge is 0.239 e. The molecule has 0 aromatic carbocycles. The highest BCUT2D eigenvalue weighted by Crippen LogP contribution is 2.39. The zero-order chi connectivity index (χ0) is 13.1. The number of hydrogen-bond donors (Lipinski definition) is 2. The molecule has 1 saturated carbocycles. The molecule has 0 radical (unpaired) electrons. The van der Waals surface area contributed by atoms with Gasteiger partial charge in [-0.3, -0.25) is 9.59 Å². The summed E-state index contributed by atoms with van der Waals surface area (Å²) in [5, 5.41) is 2.49. The van der Waals surface area contributed by atoms with Gasteiger partial charge in [0.15, 0.2) is 0 Å². The topological polar surface area (TPSA) is 75.4 Å². The van der Waals surface area contributed by atoms with Crippen molar-refractivity contribution in [2.45, 2.75) is 25.7 Å². The maximum atomic E-state index is 12.3. The molecule has 1 rings (SSSR count). The lowest BCUT2D eigenvalue weighted by Crippen LogP contribution is -2.50. The van der Waals surface area contributed by atoms with Crippen LogP contribution in [0.2, 0.25) is 0 Å². The Bertz CT molecular complexity index is 338. The molecular formula is C11H19N3O2S. The van der Waals surface area contributed by atoms with Crippen LogP contribution in [-0.4, -0.2) is 42.3 Å². The van der Waals surface area contributed by atoms with Crippen LogP contribution in [0.5, 0.6) is 0 Å². The SMILES string of the molecule is CNC(=O)CN(C)C(=O)C1(C(N)=S)CCCC1. The van der Waals surface area contributed by atoms with E-state index < -0.39 is 5.41 Å². The first-order valence-corrected chi connectivity index (χ1v) is 6.11. The molecule has 0 aromatic heterocycles. The van der Waals surface area contributed by atoms with Crippen LogP contribution in [0.15, 0.2) is 0 Å². The number of nitrogens with two attached hydrogens (primary N) is 1. The number of nitrogens with one attached hydrogen (secondary N) is 1. The zero-order valence-electron chi connectivity index (χ0n) is 10.3. The molecule has 17 heavy (non-hydrogen) atoms. The first kappa shape index (κ1) is 13.9. The van der Waals surface area contributed by atoms with E-state index in [1.807, 2.05) is 0 Å². The second-order valence-electron chi connectivity index (χ2n) is 4.49. The Kier molecular flexibility index (Phi) is 4.45. The third-order valence-corrected chi connectivity index (χ3v) is 3.74. The lowest BCUT2D eigenvalue weighted by atomic mass is 9.84. The summed E-state index contributed by atoms with van der Waals surface area (Å²) in [5.41, 5.74) is 4.99. The third-order valence-electron chi connectivity index (χ3n) is 3.34. The van der Waals surface area contributed by atoms with Gasteiger partial charge in [-0.25, -0.2) is 0 Å². The van der Waals surface area contributed by atoms with Crippen LogP contribution in [0.1, 0.15) is 25.7 Å². The molecule has 0 saturated heterocycles. The van der Waals surface area contributed by atoms with Gasteiger partial charge in [0.25, 0.3) is 0 Å². The van der Waals surface area contributed by atoms with E-state index in [1.165, 1.54) is 4.90 Å². The predicted octanol–water partition coefficient (Wildman–Crippen LogP) is 0.0373. The van der Waals surface area contributed by atoms with Crippen molar-refractivity contribution in [3.8, 4) is 0 Å². The maximum Gasteiger partial charge on any atom is 0.239 e. The number of carbonyl (C=O) groups excluding carboxylic acids is 2. The van der Waals surface area contributed by atoms with Crippen molar-refractivity contribution in [2.24, 2.45) is 11.1 Å². The summed E-state index contributed by atoms with van der Waals surface area (Å²) in [5.74, 6) is -0.331. The van der Waals surface area contributed by atoms with Gasteiger partial charge in [0.2, 0.25) is 11.8 Å². The largest absolute Gasteiger partial charge is 0.392 e. The standard InChI is InChI=1S/C11H19N3O2S/c1-13-8(15)7-14(2)10(16)11(9(12)17)5-3-4-6-11/h3-7H2,1-2H3,(H2,12,17)(H,13,15).